The molecule has 0 fully saturated rings. The van der Waals surface area contributed by atoms with Crippen molar-refractivity contribution in [2.24, 2.45) is 0 Å². The van der Waals surface area contributed by atoms with Crippen molar-refractivity contribution in [1.29, 1.82) is 0 Å². The minimum absolute atomic E-state index is 0.244. The first-order chi connectivity index (χ1) is 8.56. The molecule has 0 unspecified atom stereocenters. The van der Waals surface area contributed by atoms with Gasteiger partial charge in [-0.25, -0.2) is 14.8 Å². The molecule has 0 atom stereocenters. The molecule has 0 aliphatic heterocycles. The fourth-order valence-electron chi connectivity index (χ4n) is 1.51. The molecular formula is C12H18N2O2S2. The highest BCUT2D eigenvalue weighted by molar-refractivity contribution is 8.00. The van der Waals surface area contributed by atoms with Crippen molar-refractivity contribution < 1.29 is 9.90 Å². The summed E-state index contributed by atoms with van der Waals surface area (Å²) in [4.78, 5) is 19.5. The summed E-state index contributed by atoms with van der Waals surface area (Å²) in [6.45, 7) is 5.64. The number of carboxylic acids is 1. The fraction of sp³-hybridized carbons (Fsp3) is 0.583. The number of aromatic nitrogens is 2. The lowest BCUT2D eigenvalue weighted by Crippen LogP contribution is -2.08. The van der Waals surface area contributed by atoms with Crippen molar-refractivity contribution in [3.05, 3.63) is 17.1 Å². The van der Waals surface area contributed by atoms with Crippen LogP contribution in [0.4, 0.5) is 0 Å². The molecule has 0 saturated heterocycles. The van der Waals surface area contributed by atoms with Crippen LogP contribution in [0.25, 0.3) is 0 Å². The Hall–Kier alpha value is -0.750. The Morgan fingerprint density at radius 1 is 1.28 bits per heavy atom. The average Bonchev–Trinajstić information content (AvgIpc) is 2.27. The van der Waals surface area contributed by atoms with Gasteiger partial charge in [-0.05, 0) is 31.8 Å². The van der Waals surface area contributed by atoms with Gasteiger partial charge in [-0.15, -0.1) is 11.8 Å². The Bertz CT molecular complexity index is 425. The van der Waals surface area contributed by atoms with Crippen LogP contribution >= 0.6 is 23.5 Å². The Morgan fingerprint density at radius 3 is 2.61 bits per heavy atom. The predicted octanol–water partition coefficient (Wildman–Crippen LogP) is 3.03. The summed E-state index contributed by atoms with van der Waals surface area (Å²) in [6, 6.07) is 0. The van der Waals surface area contributed by atoms with Crippen LogP contribution in [0.1, 0.15) is 35.2 Å². The number of nitrogens with zero attached hydrogens (tertiary/aromatic N) is 2. The first-order valence-corrected chi connectivity index (χ1v) is 7.99. The van der Waals surface area contributed by atoms with E-state index in [0.717, 1.165) is 23.7 Å². The number of carboxylic acid groups (broad SMARTS) is 1. The third kappa shape index (κ3) is 4.49. The minimum atomic E-state index is -0.946. The van der Waals surface area contributed by atoms with Crippen LogP contribution in [0.3, 0.4) is 0 Å². The van der Waals surface area contributed by atoms with Gasteiger partial charge in [-0.2, -0.15) is 11.8 Å². The number of carbonyl (C=O) groups is 1. The summed E-state index contributed by atoms with van der Waals surface area (Å²) >= 11 is 3.41. The smallest absolute Gasteiger partial charge is 0.340 e. The zero-order chi connectivity index (χ0) is 13.5. The second kappa shape index (κ2) is 7.63. The minimum Gasteiger partial charge on any atom is -0.478 e. The first-order valence-electron chi connectivity index (χ1n) is 5.85. The van der Waals surface area contributed by atoms with Crippen molar-refractivity contribution in [2.45, 2.75) is 32.2 Å². The topological polar surface area (TPSA) is 63.1 Å². The molecule has 1 rings (SSSR count). The molecule has 1 N–H and O–H groups in total. The molecule has 0 aromatic carbocycles. The quantitative estimate of drug-likeness (QED) is 0.472. The Balaban J connectivity index is 2.71. The summed E-state index contributed by atoms with van der Waals surface area (Å²) in [6.07, 6.45) is 1.06. The molecule has 6 heteroatoms. The maximum absolute atomic E-state index is 11.2. The second-order valence-corrected chi connectivity index (χ2v) is 6.22. The van der Waals surface area contributed by atoms with Crippen molar-refractivity contribution >= 4 is 29.5 Å². The fourth-order valence-corrected chi connectivity index (χ4v) is 3.38. The lowest BCUT2D eigenvalue weighted by atomic mass is 10.2. The summed E-state index contributed by atoms with van der Waals surface area (Å²) in [5, 5.41) is 9.77. The van der Waals surface area contributed by atoms with E-state index in [9.17, 15) is 9.90 Å². The van der Waals surface area contributed by atoms with Crippen LogP contribution in [0, 0.1) is 13.8 Å². The number of hydrogen-bond donors (Lipinski definition) is 1. The molecule has 0 spiro atoms. The maximum atomic E-state index is 11.2. The molecule has 0 saturated carbocycles. The van der Waals surface area contributed by atoms with Gasteiger partial charge >= 0.3 is 5.97 Å². The van der Waals surface area contributed by atoms with Gasteiger partial charge in [-0.1, -0.05) is 6.92 Å². The molecule has 0 amide bonds. The molecule has 0 bridgehead atoms. The van der Waals surface area contributed by atoms with E-state index < -0.39 is 5.97 Å². The van der Waals surface area contributed by atoms with Crippen molar-refractivity contribution in [2.75, 3.05) is 17.3 Å². The zero-order valence-electron chi connectivity index (χ0n) is 10.9. The van der Waals surface area contributed by atoms with Gasteiger partial charge in [-0.3, -0.25) is 0 Å². The maximum Gasteiger partial charge on any atom is 0.340 e. The van der Waals surface area contributed by atoms with Crippen LogP contribution in [-0.4, -0.2) is 38.3 Å². The SMILES string of the molecule is CCSCCCSc1nc(C)nc(C)c1C(=O)O. The van der Waals surface area contributed by atoms with Gasteiger partial charge < -0.3 is 5.11 Å². The van der Waals surface area contributed by atoms with Gasteiger partial charge in [0.25, 0.3) is 0 Å². The largest absolute Gasteiger partial charge is 0.478 e. The van der Waals surface area contributed by atoms with E-state index in [1.165, 1.54) is 11.8 Å². The highest BCUT2D eigenvalue weighted by Crippen LogP contribution is 2.23. The van der Waals surface area contributed by atoms with Gasteiger partial charge in [0.15, 0.2) is 0 Å². The number of rotatable bonds is 7. The molecule has 1 heterocycles. The van der Waals surface area contributed by atoms with E-state index in [1.807, 2.05) is 11.8 Å². The van der Waals surface area contributed by atoms with E-state index >= 15 is 0 Å². The molecule has 1 aromatic heterocycles. The molecular weight excluding hydrogens is 268 g/mol. The number of aromatic carboxylic acids is 1. The van der Waals surface area contributed by atoms with Crippen molar-refractivity contribution in [3.8, 4) is 0 Å². The summed E-state index contributed by atoms with van der Waals surface area (Å²) in [7, 11) is 0. The van der Waals surface area contributed by atoms with E-state index in [2.05, 4.69) is 16.9 Å². The molecule has 4 nitrogen and oxygen atoms in total. The highest BCUT2D eigenvalue weighted by Gasteiger charge is 2.16. The van der Waals surface area contributed by atoms with Crippen LogP contribution < -0.4 is 0 Å². The Kier molecular flexibility index (Phi) is 6.49. The summed E-state index contributed by atoms with van der Waals surface area (Å²) in [5.74, 6) is 2.80. The van der Waals surface area contributed by atoms with Gasteiger partial charge in [0.1, 0.15) is 16.4 Å². The standard InChI is InChI=1S/C12H18N2O2S2/c1-4-17-6-5-7-18-11-10(12(15)16)8(2)13-9(3)14-11/h4-7H2,1-3H3,(H,15,16). The molecule has 0 radical (unpaired) electrons. The lowest BCUT2D eigenvalue weighted by molar-refractivity contribution is 0.0690. The Labute approximate surface area is 116 Å². The third-order valence-corrected chi connectivity index (χ3v) is 4.31. The molecule has 100 valence electrons. The number of aryl methyl sites for hydroxylation is 2. The van der Waals surface area contributed by atoms with Crippen LogP contribution in [-0.2, 0) is 0 Å². The molecule has 18 heavy (non-hydrogen) atoms. The molecule has 0 aliphatic rings. The van der Waals surface area contributed by atoms with Crippen LogP contribution in [0.2, 0.25) is 0 Å². The van der Waals surface area contributed by atoms with Gasteiger partial charge in [0, 0.05) is 5.75 Å². The third-order valence-electron chi connectivity index (χ3n) is 2.26. The lowest BCUT2D eigenvalue weighted by Gasteiger charge is -2.08. The summed E-state index contributed by atoms with van der Waals surface area (Å²) in [5.41, 5.74) is 0.786. The Morgan fingerprint density at radius 2 is 2.00 bits per heavy atom. The first kappa shape index (κ1) is 15.3. The van der Waals surface area contributed by atoms with E-state index in [4.69, 9.17) is 0 Å². The molecule has 1 aromatic rings. The zero-order valence-corrected chi connectivity index (χ0v) is 12.5. The monoisotopic (exact) mass is 286 g/mol. The van der Waals surface area contributed by atoms with E-state index in [1.54, 1.807) is 13.8 Å². The van der Waals surface area contributed by atoms with E-state index in [-0.39, 0.29) is 5.56 Å². The second-order valence-electron chi connectivity index (χ2n) is 3.74. The van der Waals surface area contributed by atoms with Crippen LogP contribution in [0.15, 0.2) is 5.03 Å². The van der Waals surface area contributed by atoms with Gasteiger partial charge in [0.05, 0.1) is 5.69 Å². The normalized spacial score (nSPS) is 10.6. The van der Waals surface area contributed by atoms with Crippen molar-refractivity contribution in [3.63, 3.8) is 0 Å². The van der Waals surface area contributed by atoms with Crippen molar-refractivity contribution in [1.82, 2.24) is 9.97 Å². The molecule has 0 aliphatic carbocycles. The van der Waals surface area contributed by atoms with E-state index in [0.29, 0.717) is 16.5 Å². The van der Waals surface area contributed by atoms with Crippen LogP contribution in [0.5, 0.6) is 0 Å². The number of hydrogen-bond acceptors (Lipinski definition) is 5. The highest BCUT2D eigenvalue weighted by atomic mass is 32.2. The predicted molar refractivity (Wildman–Crippen MR) is 76.8 cm³/mol. The number of thioether (sulfide) groups is 2. The average molecular weight is 286 g/mol. The van der Waals surface area contributed by atoms with Gasteiger partial charge in [0.2, 0.25) is 0 Å². The summed E-state index contributed by atoms with van der Waals surface area (Å²) < 4.78 is 0.